The Morgan fingerprint density at radius 3 is 0.900 bits per heavy atom. The molecule has 0 saturated heterocycles. The molecule has 10 heavy (non-hydrogen) atoms. The number of carbonyl (C=O) groups is 2. The third-order valence-electron chi connectivity index (χ3n) is 0.183. The van der Waals surface area contributed by atoms with E-state index in [1.807, 2.05) is 0 Å². The van der Waals surface area contributed by atoms with Gasteiger partial charge in [-0.3, -0.25) is 0 Å². The van der Waals surface area contributed by atoms with Gasteiger partial charge in [-0.25, -0.2) is 9.59 Å². The molecule has 0 radical (unpaired) electrons. The van der Waals surface area contributed by atoms with Gasteiger partial charge in [0.15, 0.2) is 0 Å². The molecule has 0 aliphatic carbocycles. The van der Waals surface area contributed by atoms with Gasteiger partial charge < -0.3 is 22.5 Å². The predicted molar refractivity (Wildman–Crippen MR) is 25.8 cm³/mol. The van der Waals surface area contributed by atoms with Crippen LogP contribution in [0.4, 0.5) is 0 Å². The van der Waals surface area contributed by atoms with E-state index in [-0.39, 0.29) is 45.3 Å². The Bertz CT molecular complexity index is 85.3. The zero-order valence-corrected chi connectivity index (χ0v) is 6.47. The summed E-state index contributed by atoms with van der Waals surface area (Å²) in [5.74, 6) is -3.65. The quantitative estimate of drug-likeness (QED) is 0.471. The summed E-state index contributed by atoms with van der Waals surface area (Å²) >= 11 is 0. The minimum Gasteiger partial charge on any atom is -0.693 e. The fourth-order valence-corrected chi connectivity index (χ4v) is 0. The summed E-state index contributed by atoms with van der Waals surface area (Å²) in [6.45, 7) is 0. The number of carboxylic acids is 2. The molecule has 0 unspecified atom stereocenters. The summed E-state index contributed by atoms with van der Waals surface area (Å²) in [5.41, 5.74) is 0. The van der Waals surface area contributed by atoms with E-state index in [2.05, 4.69) is 0 Å². The summed E-state index contributed by atoms with van der Waals surface area (Å²) in [6.07, 6.45) is 0. The van der Waals surface area contributed by atoms with E-state index < -0.39 is 11.9 Å². The molecule has 0 aromatic heterocycles. The first-order valence-corrected chi connectivity index (χ1v) is 1.11. The number of hydrogen-bond acceptors (Lipinski definition) is 2. The van der Waals surface area contributed by atoms with Gasteiger partial charge in [0.2, 0.25) is 0 Å². The minimum absolute atomic E-state index is 0. The SMILES string of the molecule is O=C(O)C(=O)O.[NH2-].[NH2-].[Ni].[Ni]. The number of carboxylic acid groups (broad SMARTS) is 2. The molecule has 70 valence electrons. The Balaban J connectivity index is -0.0000000208. The fraction of sp³-hybridized carbons (Fsp3) is 0. The standard InChI is InChI=1S/C2H2O4.2H2N.2Ni/c3-1(4)2(5)6;;;;/h(H,3,4)(H,5,6);2*1H2;;/q;2*-1;;. The van der Waals surface area contributed by atoms with Crippen LogP contribution in [0.3, 0.4) is 0 Å². The molecule has 0 aliphatic heterocycles. The molecule has 8 heteroatoms. The van der Waals surface area contributed by atoms with Gasteiger partial charge in [0.05, 0.1) is 0 Å². The topological polar surface area (TPSA) is 142 Å². The third-order valence-corrected chi connectivity index (χ3v) is 0.183. The van der Waals surface area contributed by atoms with Gasteiger partial charge >= 0.3 is 11.9 Å². The first-order chi connectivity index (χ1) is 2.64. The zero-order chi connectivity index (χ0) is 5.15. The molecule has 0 amide bonds. The van der Waals surface area contributed by atoms with Crippen LogP contribution in [0.2, 0.25) is 0 Å². The van der Waals surface area contributed by atoms with Crippen molar-refractivity contribution in [3.05, 3.63) is 12.3 Å². The molecule has 0 aromatic rings. The molecule has 6 nitrogen and oxygen atoms in total. The van der Waals surface area contributed by atoms with Crippen LogP contribution < -0.4 is 0 Å². The second kappa shape index (κ2) is 15.9. The van der Waals surface area contributed by atoms with Crippen molar-refractivity contribution in [2.75, 3.05) is 0 Å². The Morgan fingerprint density at radius 2 is 0.900 bits per heavy atom. The number of hydrogen-bond donors (Lipinski definition) is 2. The summed E-state index contributed by atoms with van der Waals surface area (Å²) < 4.78 is 0. The molecule has 0 heterocycles. The van der Waals surface area contributed by atoms with Crippen LogP contribution in [0.25, 0.3) is 12.3 Å². The van der Waals surface area contributed by atoms with Gasteiger partial charge in [0.1, 0.15) is 0 Å². The maximum atomic E-state index is 9.10. The van der Waals surface area contributed by atoms with Gasteiger partial charge in [-0.05, 0) is 0 Å². The second-order valence-electron chi connectivity index (χ2n) is 0.610. The molecule has 6 N–H and O–H groups in total. The summed E-state index contributed by atoms with van der Waals surface area (Å²) in [5, 5.41) is 14.8. The van der Waals surface area contributed by atoms with Crippen molar-refractivity contribution in [1.82, 2.24) is 0 Å². The third kappa shape index (κ3) is 24.9. The van der Waals surface area contributed by atoms with Crippen molar-refractivity contribution in [2.24, 2.45) is 0 Å². The van der Waals surface area contributed by atoms with Gasteiger partial charge in [0.25, 0.3) is 0 Å². The Labute approximate surface area is 77.4 Å². The molecule has 0 bridgehead atoms. The molecule has 0 aromatic carbocycles. The molecular formula is C2H6N2Ni2O4-2. The van der Waals surface area contributed by atoms with E-state index >= 15 is 0 Å². The van der Waals surface area contributed by atoms with E-state index in [1.54, 1.807) is 0 Å². The number of rotatable bonds is 0. The van der Waals surface area contributed by atoms with E-state index in [1.165, 1.54) is 0 Å². The summed E-state index contributed by atoms with van der Waals surface area (Å²) in [4.78, 5) is 18.2. The van der Waals surface area contributed by atoms with Crippen LogP contribution >= 0.6 is 0 Å². The van der Waals surface area contributed by atoms with Crippen LogP contribution in [0.5, 0.6) is 0 Å². The molecule has 0 spiro atoms. The van der Waals surface area contributed by atoms with E-state index in [9.17, 15) is 0 Å². The smallest absolute Gasteiger partial charge is 0.414 e. The first-order valence-electron chi connectivity index (χ1n) is 1.11. The molecule has 0 rings (SSSR count). The van der Waals surface area contributed by atoms with Crippen molar-refractivity contribution in [2.45, 2.75) is 0 Å². The normalized spacial score (nSPS) is 4.40. The number of aliphatic carboxylic acids is 2. The van der Waals surface area contributed by atoms with Gasteiger partial charge in [0, 0.05) is 33.0 Å². The molecule has 0 saturated carbocycles. The van der Waals surface area contributed by atoms with Gasteiger partial charge in [-0.15, -0.1) is 0 Å². The van der Waals surface area contributed by atoms with Gasteiger partial charge in [-0.2, -0.15) is 0 Å². The Kier molecular flexibility index (Phi) is 52.3. The van der Waals surface area contributed by atoms with Crippen molar-refractivity contribution >= 4 is 11.9 Å². The van der Waals surface area contributed by atoms with E-state index in [4.69, 9.17) is 19.8 Å². The van der Waals surface area contributed by atoms with E-state index in [0.29, 0.717) is 0 Å². The first kappa shape index (κ1) is 32.8. The van der Waals surface area contributed by atoms with Crippen molar-refractivity contribution < 1.29 is 52.8 Å². The summed E-state index contributed by atoms with van der Waals surface area (Å²) in [6, 6.07) is 0. The van der Waals surface area contributed by atoms with Crippen LogP contribution in [0.1, 0.15) is 0 Å². The Hall–Kier alpha value is -0.153. The van der Waals surface area contributed by atoms with Crippen LogP contribution in [-0.2, 0) is 42.6 Å². The molecule has 0 fully saturated rings. The zero-order valence-electron chi connectivity index (χ0n) is 4.50. The monoisotopic (exact) mass is 238 g/mol. The second-order valence-corrected chi connectivity index (χ2v) is 0.610. The molecule has 0 aliphatic rings. The van der Waals surface area contributed by atoms with Gasteiger partial charge in [-0.1, -0.05) is 0 Å². The fourth-order valence-electron chi connectivity index (χ4n) is 0. The average molecular weight is 239 g/mol. The van der Waals surface area contributed by atoms with Crippen molar-refractivity contribution in [3.63, 3.8) is 0 Å². The minimum atomic E-state index is -1.82. The Morgan fingerprint density at radius 1 is 0.800 bits per heavy atom. The largest absolute Gasteiger partial charge is 0.693 e. The van der Waals surface area contributed by atoms with E-state index in [0.717, 1.165) is 0 Å². The summed E-state index contributed by atoms with van der Waals surface area (Å²) in [7, 11) is 0. The molecule has 0 atom stereocenters. The van der Waals surface area contributed by atoms with Crippen LogP contribution in [0, 0.1) is 0 Å². The van der Waals surface area contributed by atoms with Crippen molar-refractivity contribution in [1.29, 1.82) is 0 Å². The van der Waals surface area contributed by atoms with Crippen LogP contribution in [0.15, 0.2) is 0 Å². The van der Waals surface area contributed by atoms with Crippen molar-refractivity contribution in [3.8, 4) is 0 Å². The predicted octanol–water partition coefficient (Wildman–Crippen LogP) is 0.585. The number of nitrogens with two attached hydrogens (primary N) is 2. The maximum absolute atomic E-state index is 9.10. The average Bonchev–Trinajstić information content (AvgIpc) is 1.36. The van der Waals surface area contributed by atoms with Crippen LogP contribution in [-0.4, -0.2) is 22.2 Å². The molecular weight excluding hydrogens is 233 g/mol. The maximum Gasteiger partial charge on any atom is 0.414 e.